The van der Waals surface area contributed by atoms with Gasteiger partial charge in [-0.3, -0.25) is 4.90 Å². The molecule has 39 heavy (non-hydrogen) atoms. The minimum Gasteiger partial charge on any atom is -0.497 e. The Hall–Kier alpha value is -2.44. The van der Waals surface area contributed by atoms with Crippen LogP contribution in [0.1, 0.15) is 18.4 Å². The Morgan fingerprint density at radius 2 is 1.90 bits per heavy atom. The molecule has 3 unspecified atom stereocenters. The molecule has 3 fully saturated rings. The molecule has 0 amide bonds. The third-order valence-electron chi connectivity index (χ3n) is 8.35. The summed E-state index contributed by atoms with van der Waals surface area (Å²) in [4.78, 5) is 13.4. The largest absolute Gasteiger partial charge is 0.497 e. The van der Waals surface area contributed by atoms with Gasteiger partial charge in [0.25, 0.3) is 0 Å². The van der Waals surface area contributed by atoms with Crippen molar-refractivity contribution in [3.63, 3.8) is 0 Å². The number of rotatable bonds is 9. The molecule has 4 aliphatic rings. The summed E-state index contributed by atoms with van der Waals surface area (Å²) in [5.74, 6) is 3.11. The number of morpholine rings is 1. The maximum Gasteiger partial charge on any atom is 0.228 e. The maximum absolute atomic E-state index is 13.3. The number of anilines is 1. The number of hydrogen-bond donors (Lipinski definition) is 2. The van der Waals surface area contributed by atoms with Crippen LogP contribution in [0.4, 0.5) is 10.3 Å². The van der Waals surface area contributed by atoms with Crippen molar-refractivity contribution in [2.45, 2.75) is 30.1 Å². The minimum atomic E-state index is -0.441. The Bertz CT molecular complexity index is 1130. The number of likely N-dealkylation sites (tertiary alicyclic amines) is 1. The van der Waals surface area contributed by atoms with E-state index < -0.39 is 5.82 Å². The predicted molar refractivity (Wildman–Crippen MR) is 151 cm³/mol. The van der Waals surface area contributed by atoms with Gasteiger partial charge in [0.15, 0.2) is 5.82 Å². The predicted octanol–water partition coefficient (Wildman–Crippen LogP) is 2.80. The lowest BCUT2D eigenvalue weighted by molar-refractivity contribution is 0.0359. The van der Waals surface area contributed by atoms with E-state index in [1.807, 2.05) is 0 Å². The van der Waals surface area contributed by atoms with Crippen LogP contribution in [0.3, 0.4) is 0 Å². The van der Waals surface area contributed by atoms with Crippen LogP contribution in [0, 0.1) is 11.7 Å². The molecule has 2 aromatic rings. The Morgan fingerprint density at radius 3 is 2.67 bits per heavy atom. The van der Waals surface area contributed by atoms with Crippen molar-refractivity contribution in [2.75, 3.05) is 70.8 Å². The summed E-state index contributed by atoms with van der Waals surface area (Å²) in [7, 11) is 1.71. The fraction of sp³-hybridized carbons (Fsp3) is 0.571. The van der Waals surface area contributed by atoms with Gasteiger partial charge in [-0.15, -0.1) is 11.8 Å². The van der Waals surface area contributed by atoms with Crippen molar-refractivity contribution in [3.05, 3.63) is 59.9 Å². The van der Waals surface area contributed by atoms with E-state index in [1.54, 1.807) is 7.11 Å². The number of aromatic nitrogens is 2. The number of benzene rings is 1. The van der Waals surface area contributed by atoms with Gasteiger partial charge in [-0.05, 0) is 62.0 Å². The standard InChI is InChI=1S/C28H38FN7O2S/c1-37-24-5-3-21(4-6-24)15-22-19-35(9-2-8-34-11-13-38-14-12-34)10-7-28-16-25(33-36(28)20-39-26(22)28)32-27-30-17-23(29)18-31-27/h3-6,16-18,22,26,33H,2,7-15,19-20H2,1H3,(H,30,31,32). The Kier molecular flexibility index (Phi) is 8.22. The van der Waals surface area contributed by atoms with Crippen molar-refractivity contribution in [2.24, 2.45) is 5.92 Å². The lowest BCUT2D eigenvalue weighted by Crippen LogP contribution is -2.51. The summed E-state index contributed by atoms with van der Waals surface area (Å²) in [5.41, 5.74) is 4.81. The quantitative estimate of drug-likeness (QED) is 0.482. The highest BCUT2D eigenvalue weighted by atomic mass is 32.2. The number of hydrazine groups is 1. The van der Waals surface area contributed by atoms with Gasteiger partial charge in [-0.25, -0.2) is 19.4 Å². The van der Waals surface area contributed by atoms with Crippen molar-refractivity contribution >= 4 is 17.7 Å². The molecular formula is C28H38FN7O2S. The molecule has 1 aromatic heterocycles. The second-order valence-electron chi connectivity index (χ2n) is 10.8. The van der Waals surface area contributed by atoms with Crippen molar-refractivity contribution in [1.29, 1.82) is 0 Å². The highest BCUT2D eigenvalue weighted by Gasteiger charge is 2.55. The molecule has 1 aromatic carbocycles. The number of nitrogens with zero attached hydrogens (tertiary/aromatic N) is 5. The number of hydrogen-bond acceptors (Lipinski definition) is 10. The zero-order valence-electron chi connectivity index (χ0n) is 22.5. The molecule has 0 bridgehead atoms. The van der Waals surface area contributed by atoms with Crippen LogP contribution in [-0.2, 0) is 11.2 Å². The summed E-state index contributed by atoms with van der Waals surface area (Å²) in [6, 6.07) is 8.55. The average molecular weight is 556 g/mol. The van der Waals surface area contributed by atoms with E-state index in [4.69, 9.17) is 9.47 Å². The van der Waals surface area contributed by atoms with Gasteiger partial charge in [0.05, 0.1) is 44.1 Å². The monoisotopic (exact) mass is 555 g/mol. The Labute approximate surface area is 234 Å². The lowest BCUT2D eigenvalue weighted by Gasteiger charge is -2.35. The van der Waals surface area contributed by atoms with E-state index in [-0.39, 0.29) is 5.54 Å². The summed E-state index contributed by atoms with van der Waals surface area (Å²) in [5, 5.41) is 6.09. The van der Waals surface area contributed by atoms with Crippen LogP contribution < -0.4 is 15.5 Å². The number of halogens is 1. The van der Waals surface area contributed by atoms with Gasteiger partial charge in [0, 0.05) is 31.4 Å². The zero-order valence-corrected chi connectivity index (χ0v) is 23.3. The molecule has 0 aliphatic carbocycles. The Balaban J connectivity index is 1.20. The normalized spacial score (nSPS) is 27.8. The Morgan fingerprint density at radius 1 is 1.13 bits per heavy atom. The molecule has 3 atom stereocenters. The third-order valence-corrected chi connectivity index (χ3v) is 9.91. The highest BCUT2D eigenvalue weighted by Crippen LogP contribution is 2.49. The topological polar surface area (TPSA) is 78.0 Å². The molecule has 11 heteroatoms. The fourth-order valence-electron chi connectivity index (χ4n) is 6.39. The van der Waals surface area contributed by atoms with Crippen LogP contribution in [-0.4, -0.2) is 101 Å². The van der Waals surface area contributed by atoms with Crippen molar-refractivity contribution < 1.29 is 13.9 Å². The van der Waals surface area contributed by atoms with Gasteiger partial charge in [0.1, 0.15) is 11.6 Å². The smallest absolute Gasteiger partial charge is 0.228 e. The number of ether oxygens (including phenoxy) is 2. The van der Waals surface area contributed by atoms with Crippen molar-refractivity contribution in [1.82, 2.24) is 30.2 Å². The molecule has 6 rings (SSSR count). The van der Waals surface area contributed by atoms with Crippen molar-refractivity contribution in [3.8, 4) is 5.75 Å². The van der Waals surface area contributed by atoms with E-state index >= 15 is 0 Å². The second-order valence-corrected chi connectivity index (χ2v) is 11.9. The first-order valence-electron chi connectivity index (χ1n) is 13.9. The number of nitrogens with one attached hydrogen (secondary N) is 2. The fourth-order valence-corrected chi connectivity index (χ4v) is 8.06. The zero-order chi connectivity index (χ0) is 26.7. The average Bonchev–Trinajstić information content (AvgIpc) is 3.43. The summed E-state index contributed by atoms with van der Waals surface area (Å²) in [6.07, 6.45) is 7.95. The molecule has 3 saturated heterocycles. The van der Waals surface area contributed by atoms with Gasteiger partial charge in [-0.1, -0.05) is 12.1 Å². The van der Waals surface area contributed by atoms with Crippen LogP contribution >= 0.6 is 11.8 Å². The van der Waals surface area contributed by atoms with Gasteiger partial charge in [-0.2, -0.15) is 0 Å². The molecule has 0 radical (unpaired) electrons. The summed E-state index contributed by atoms with van der Waals surface area (Å²) >= 11 is 2.05. The van der Waals surface area contributed by atoms with Crippen LogP contribution in [0.5, 0.6) is 5.75 Å². The third kappa shape index (κ3) is 6.02. The van der Waals surface area contributed by atoms with E-state index in [0.29, 0.717) is 17.1 Å². The lowest BCUT2D eigenvalue weighted by atomic mass is 9.82. The number of methoxy groups -OCH3 is 1. The summed E-state index contributed by atoms with van der Waals surface area (Å²) < 4.78 is 24.3. The first-order chi connectivity index (χ1) is 19.1. The second kappa shape index (κ2) is 12.0. The molecule has 0 saturated carbocycles. The van der Waals surface area contributed by atoms with Gasteiger partial charge in [0.2, 0.25) is 5.95 Å². The first-order valence-corrected chi connectivity index (χ1v) is 14.9. The molecule has 9 nitrogen and oxygen atoms in total. The van der Waals surface area contributed by atoms with E-state index in [0.717, 1.165) is 82.8 Å². The first kappa shape index (κ1) is 26.8. The van der Waals surface area contributed by atoms with Gasteiger partial charge < -0.3 is 25.1 Å². The maximum atomic E-state index is 13.3. The van der Waals surface area contributed by atoms with Crippen LogP contribution in [0.2, 0.25) is 0 Å². The molecule has 5 heterocycles. The van der Waals surface area contributed by atoms with E-state index in [9.17, 15) is 4.39 Å². The molecule has 4 aliphatic heterocycles. The SMILES string of the molecule is COc1ccc(CC2CN(CCCN3CCOCC3)CCC34C=C(Nc5ncc(F)cn5)NN3CSC24)cc1. The van der Waals surface area contributed by atoms with E-state index in [1.165, 1.54) is 24.4 Å². The molecule has 2 N–H and O–H groups in total. The molecular weight excluding hydrogens is 517 g/mol. The van der Waals surface area contributed by atoms with Gasteiger partial charge >= 0.3 is 0 Å². The molecule has 210 valence electrons. The van der Waals surface area contributed by atoms with E-state index in [2.05, 4.69) is 77.6 Å². The molecule has 1 spiro atoms. The van der Waals surface area contributed by atoms with Crippen LogP contribution in [0.25, 0.3) is 0 Å². The number of thioether (sulfide) groups is 1. The highest BCUT2D eigenvalue weighted by molar-refractivity contribution is 8.00. The summed E-state index contributed by atoms with van der Waals surface area (Å²) in [6.45, 7) is 8.16. The minimum absolute atomic E-state index is 0.108. The van der Waals surface area contributed by atoms with Crippen LogP contribution in [0.15, 0.2) is 48.6 Å².